The van der Waals surface area contributed by atoms with E-state index in [1.807, 2.05) is 0 Å². The number of benzene rings is 1. The van der Waals surface area contributed by atoms with Gasteiger partial charge in [0.15, 0.2) is 6.61 Å². The molecule has 8 heteroatoms. The molecule has 20 heavy (non-hydrogen) atoms. The van der Waals surface area contributed by atoms with Gasteiger partial charge in [0.2, 0.25) is 10.0 Å². The molecule has 0 spiro atoms. The number of sulfonamides is 1. The maximum atomic E-state index is 11.8. The van der Waals surface area contributed by atoms with Crippen molar-refractivity contribution in [3.63, 3.8) is 0 Å². The fraction of sp³-hybridized carbons (Fsp3) is 0.333. The molecule has 0 radical (unpaired) electrons. The molecule has 0 unspecified atom stereocenters. The first-order chi connectivity index (χ1) is 9.28. The summed E-state index contributed by atoms with van der Waals surface area (Å²) < 4.78 is 33.7. The van der Waals surface area contributed by atoms with Crippen LogP contribution in [0.5, 0.6) is 0 Å². The van der Waals surface area contributed by atoms with Crippen molar-refractivity contribution in [2.24, 2.45) is 0 Å². The Bertz CT molecular complexity index is 591. The molecular formula is C12H15NO6S. The highest BCUT2D eigenvalue weighted by atomic mass is 32.2. The third kappa shape index (κ3) is 3.78. The summed E-state index contributed by atoms with van der Waals surface area (Å²) in [4.78, 5) is 22.5. The van der Waals surface area contributed by atoms with Gasteiger partial charge in [0.1, 0.15) is 0 Å². The number of esters is 2. The minimum Gasteiger partial charge on any atom is -0.466 e. The number of hydrogen-bond acceptors (Lipinski definition) is 6. The van der Waals surface area contributed by atoms with E-state index < -0.39 is 28.6 Å². The smallest absolute Gasteiger partial charge is 0.344 e. The monoisotopic (exact) mass is 301 g/mol. The zero-order valence-electron chi connectivity index (χ0n) is 11.3. The van der Waals surface area contributed by atoms with E-state index in [4.69, 9.17) is 0 Å². The molecule has 0 heterocycles. The number of ether oxygens (including phenoxy) is 2. The van der Waals surface area contributed by atoms with Gasteiger partial charge in [-0.25, -0.2) is 22.3 Å². The summed E-state index contributed by atoms with van der Waals surface area (Å²) in [5.41, 5.74) is 0.145. The molecule has 0 aliphatic heterocycles. The lowest BCUT2D eigenvalue weighted by atomic mass is 10.2. The third-order valence-electron chi connectivity index (χ3n) is 2.42. The average molecular weight is 301 g/mol. The lowest BCUT2D eigenvalue weighted by molar-refractivity contribution is -0.144. The predicted octanol–water partition coefficient (Wildman–Crippen LogP) is 0.267. The number of rotatable bonds is 5. The summed E-state index contributed by atoms with van der Waals surface area (Å²) in [5, 5.41) is 0. The van der Waals surface area contributed by atoms with Crippen LogP contribution in [0.3, 0.4) is 0 Å². The Morgan fingerprint density at radius 1 is 1.15 bits per heavy atom. The van der Waals surface area contributed by atoms with Crippen molar-refractivity contribution in [2.75, 3.05) is 27.8 Å². The van der Waals surface area contributed by atoms with Gasteiger partial charge in [-0.15, -0.1) is 0 Å². The number of nitrogens with zero attached hydrogens (tertiary/aromatic N) is 1. The van der Waals surface area contributed by atoms with E-state index in [-0.39, 0.29) is 10.5 Å². The van der Waals surface area contributed by atoms with Crippen molar-refractivity contribution in [2.45, 2.75) is 4.90 Å². The van der Waals surface area contributed by atoms with Crippen molar-refractivity contribution in [3.05, 3.63) is 29.8 Å². The van der Waals surface area contributed by atoms with Gasteiger partial charge in [0.25, 0.3) is 0 Å². The first-order valence-corrected chi connectivity index (χ1v) is 6.99. The van der Waals surface area contributed by atoms with Crippen LogP contribution >= 0.6 is 0 Å². The van der Waals surface area contributed by atoms with Crippen LogP contribution in [0.25, 0.3) is 0 Å². The SMILES string of the molecule is COC(=O)COC(=O)c1ccc(S(=O)(=O)N(C)C)cc1. The molecule has 7 nitrogen and oxygen atoms in total. The summed E-state index contributed by atoms with van der Waals surface area (Å²) in [7, 11) is 0.457. The zero-order valence-corrected chi connectivity index (χ0v) is 12.1. The first-order valence-electron chi connectivity index (χ1n) is 5.55. The lowest BCUT2D eigenvalue weighted by Gasteiger charge is -2.11. The second-order valence-corrected chi connectivity index (χ2v) is 6.12. The molecule has 0 aromatic heterocycles. The maximum absolute atomic E-state index is 11.8. The van der Waals surface area contributed by atoms with Crippen LogP contribution in [0.15, 0.2) is 29.2 Å². The Kier molecular flexibility index (Phi) is 5.23. The molecule has 110 valence electrons. The highest BCUT2D eigenvalue weighted by molar-refractivity contribution is 7.89. The molecule has 0 aliphatic rings. The predicted molar refractivity (Wildman–Crippen MR) is 69.6 cm³/mol. The molecule has 0 amide bonds. The highest BCUT2D eigenvalue weighted by Crippen LogP contribution is 2.14. The molecule has 0 aliphatic carbocycles. The Morgan fingerprint density at radius 3 is 2.15 bits per heavy atom. The standard InChI is InChI=1S/C12H15NO6S/c1-13(2)20(16,17)10-6-4-9(5-7-10)12(15)19-8-11(14)18-3/h4-7H,8H2,1-3H3. The number of carbonyl (C=O) groups excluding carboxylic acids is 2. The quantitative estimate of drug-likeness (QED) is 0.725. The van der Waals surface area contributed by atoms with E-state index in [1.54, 1.807) is 0 Å². The minimum atomic E-state index is -3.54. The molecule has 1 rings (SSSR count). The van der Waals surface area contributed by atoms with E-state index in [0.29, 0.717) is 0 Å². The molecule has 1 aromatic carbocycles. The van der Waals surface area contributed by atoms with Crippen LogP contribution in [0.1, 0.15) is 10.4 Å². The fourth-order valence-electron chi connectivity index (χ4n) is 1.24. The molecule has 0 bridgehead atoms. The van der Waals surface area contributed by atoms with E-state index in [1.165, 1.54) is 45.5 Å². The fourth-order valence-corrected chi connectivity index (χ4v) is 2.14. The van der Waals surface area contributed by atoms with Crippen LogP contribution in [-0.2, 0) is 24.3 Å². The number of hydrogen-bond donors (Lipinski definition) is 0. The normalized spacial score (nSPS) is 11.2. The summed E-state index contributed by atoms with van der Waals surface area (Å²) in [6, 6.07) is 5.22. The summed E-state index contributed by atoms with van der Waals surface area (Å²) in [6.45, 7) is -0.493. The van der Waals surface area contributed by atoms with Crippen LogP contribution in [0, 0.1) is 0 Å². The molecular weight excluding hydrogens is 286 g/mol. The molecule has 0 atom stereocenters. The molecule has 0 fully saturated rings. The van der Waals surface area contributed by atoms with Gasteiger partial charge >= 0.3 is 11.9 Å². The summed E-state index contributed by atoms with van der Waals surface area (Å²) >= 11 is 0. The molecule has 0 N–H and O–H groups in total. The largest absolute Gasteiger partial charge is 0.466 e. The second-order valence-electron chi connectivity index (χ2n) is 3.96. The average Bonchev–Trinajstić information content (AvgIpc) is 2.44. The van der Waals surface area contributed by atoms with Crippen LogP contribution in [-0.4, -0.2) is 52.5 Å². The second kappa shape index (κ2) is 6.49. The van der Waals surface area contributed by atoms with Crippen molar-refractivity contribution in [1.29, 1.82) is 0 Å². The summed E-state index contributed by atoms with van der Waals surface area (Å²) in [6.07, 6.45) is 0. The molecule has 0 saturated carbocycles. The summed E-state index contributed by atoms with van der Waals surface area (Å²) in [5.74, 6) is -1.41. The van der Waals surface area contributed by atoms with Crippen LogP contribution in [0.2, 0.25) is 0 Å². The van der Waals surface area contributed by atoms with Gasteiger partial charge in [-0.1, -0.05) is 0 Å². The Morgan fingerprint density at radius 2 is 1.70 bits per heavy atom. The van der Waals surface area contributed by atoms with Crippen LogP contribution in [0.4, 0.5) is 0 Å². The van der Waals surface area contributed by atoms with E-state index in [9.17, 15) is 18.0 Å². The zero-order chi connectivity index (χ0) is 15.3. The van der Waals surface area contributed by atoms with Gasteiger partial charge in [0.05, 0.1) is 17.6 Å². The topological polar surface area (TPSA) is 90.0 Å². The van der Waals surface area contributed by atoms with Gasteiger partial charge in [0, 0.05) is 14.1 Å². The highest BCUT2D eigenvalue weighted by Gasteiger charge is 2.18. The third-order valence-corrected chi connectivity index (χ3v) is 4.25. The number of methoxy groups -OCH3 is 1. The molecule has 1 aromatic rings. The van der Waals surface area contributed by atoms with Gasteiger partial charge in [-0.2, -0.15) is 0 Å². The molecule has 0 saturated heterocycles. The van der Waals surface area contributed by atoms with Crippen molar-refractivity contribution < 1.29 is 27.5 Å². The minimum absolute atomic E-state index is 0.0621. The Labute approximate surface area is 117 Å². The van der Waals surface area contributed by atoms with E-state index >= 15 is 0 Å². The van der Waals surface area contributed by atoms with Gasteiger partial charge in [-0.05, 0) is 24.3 Å². The van der Waals surface area contributed by atoms with E-state index in [0.717, 1.165) is 4.31 Å². The lowest BCUT2D eigenvalue weighted by Crippen LogP contribution is -2.22. The maximum Gasteiger partial charge on any atom is 0.344 e. The Balaban J connectivity index is 2.82. The van der Waals surface area contributed by atoms with Gasteiger partial charge in [-0.3, -0.25) is 0 Å². The Hall–Kier alpha value is -1.93. The first kappa shape index (κ1) is 16.1. The number of carbonyl (C=O) groups is 2. The van der Waals surface area contributed by atoms with Crippen molar-refractivity contribution >= 4 is 22.0 Å². The van der Waals surface area contributed by atoms with Gasteiger partial charge < -0.3 is 9.47 Å². The van der Waals surface area contributed by atoms with E-state index in [2.05, 4.69) is 9.47 Å². The van der Waals surface area contributed by atoms with Crippen molar-refractivity contribution in [1.82, 2.24) is 4.31 Å². The van der Waals surface area contributed by atoms with Crippen LogP contribution < -0.4 is 0 Å². The van der Waals surface area contributed by atoms with Crippen molar-refractivity contribution in [3.8, 4) is 0 Å².